The summed E-state index contributed by atoms with van der Waals surface area (Å²) in [5, 5.41) is 36.0. The van der Waals surface area contributed by atoms with Crippen molar-refractivity contribution in [3.05, 3.63) is 95.3 Å². The number of aliphatic hydroxyl groups is 3. The molecule has 0 aliphatic carbocycles. The van der Waals surface area contributed by atoms with Crippen LogP contribution in [-0.2, 0) is 61.9 Å². The van der Waals surface area contributed by atoms with Crippen molar-refractivity contribution in [1.29, 1.82) is 0 Å². The van der Waals surface area contributed by atoms with Gasteiger partial charge in [0.25, 0.3) is 0 Å². The summed E-state index contributed by atoms with van der Waals surface area (Å²) >= 11 is 0. The molecule has 17 nitrogen and oxygen atoms in total. The Bertz CT molecular complexity index is 2070. The number of allylic oxidation sites excluding steroid dienone is 7. The van der Waals surface area contributed by atoms with Gasteiger partial charge in [0.15, 0.2) is 0 Å². The zero-order valence-electron chi connectivity index (χ0n) is 46.0. The van der Waals surface area contributed by atoms with Gasteiger partial charge in [0.2, 0.25) is 5.91 Å². The highest BCUT2D eigenvalue weighted by atomic mass is 16.6. The van der Waals surface area contributed by atoms with Gasteiger partial charge < -0.3 is 58.5 Å². The molecule has 4 bridgehead atoms. The number of rotatable bonds is 7. The number of nitrogens with one attached hydrogen (secondary N) is 1. The van der Waals surface area contributed by atoms with E-state index in [9.17, 15) is 39.3 Å². The summed E-state index contributed by atoms with van der Waals surface area (Å²) < 4.78 is 44.9. The molecule has 1 fully saturated rings. The smallest absolute Gasteiger partial charge is 0.331 e. The van der Waals surface area contributed by atoms with Crippen molar-refractivity contribution in [2.45, 2.75) is 173 Å². The second kappa shape index (κ2) is 34.6. The fourth-order valence-electron chi connectivity index (χ4n) is 9.65. The average Bonchev–Trinajstić information content (AvgIpc) is 3.34. The lowest BCUT2D eigenvalue weighted by Crippen LogP contribution is -2.35. The molecule has 3 aliphatic rings. The highest BCUT2D eigenvalue weighted by Crippen LogP contribution is 2.31. The number of cyclic esters (lactones) is 1. The fourth-order valence-corrected chi connectivity index (χ4v) is 9.65. The van der Waals surface area contributed by atoms with E-state index in [1.165, 1.54) is 33.6 Å². The first-order valence-corrected chi connectivity index (χ1v) is 26.2. The van der Waals surface area contributed by atoms with Crippen molar-refractivity contribution < 1.29 is 77.2 Å². The largest absolute Gasteiger partial charge is 0.469 e. The van der Waals surface area contributed by atoms with Crippen LogP contribution in [0.3, 0.4) is 0 Å². The molecular formula is C58H87NO16. The highest BCUT2D eigenvalue weighted by Gasteiger charge is 2.33. The maximum absolute atomic E-state index is 13.2. The first kappa shape index (κ1) is 64.3. The van der Waals surface area contributed by atoms with Crippen LogP contribution < -0.4 is 5.32 Å². The maximum atomic E-state index is 13.2. The lowest BCUT2D eigenvalue weighted by Gasteiger charge is -2.31. The molecule has 0 aromatic heterocycles. The van der Waals surface area contributed by atoms with Crippen LogP contribution in [0.1, 0.15) is 118 Å². The van der Waals surface area contributed by atoms with Crippen molar-refractivity contribution in [3.8, 4) is 0 Å². The van der Waals surface area contributed by atoms with Gasteiger partial charge in [-0.2, -0.15) is 0 Å². The zero-order valence-corrected chi connectivity index (χ0v) is 46.0. The maximum Gasteiger partial charge on any atom is 0.331 e. The van der Waals surface area contributed by atoms with Crippen LogP contribution in [0.4, 0.5) is 0 Å². The monoisotopic (exact) mass is 1050 g/mol. The van der Waals surface area contributed by atoms with Crippen LogP contribution in [0, 0.1) is 23.7 Å². The van der Waals surface area contributed by atoms with Gasteiger partial charge in [-0.15, -0.1) is 0 Å². The minimum absolute atomic E-state index is 0.00151. The van der Waals surface area contributed by atoms with Gasteiger partial charge in [0.1, 0.15) is 18.3 Å². The summed E-state index contributed by atoms with van der Waals surface area (Å²) in [7, 11) is 7.54. The Morgan fingerprint density at radius 1 is 0.747 bits per heavy atom. The molecule has 13 unspecified atom stereocenters. The molecule has 0 radical (unpaired) electrons. The van der Waals surface area contributed by atoms with Crippen LogP contribution in [0.15, 0.2) is 95.3 Å². The summed E-state index contributed by atoms with van der Waals surface area (Å²) in [4.78, 5) is 63.9. The molecule has 0 aromatic carbocycles. The number of hydrogen-bond acceptors (Lipinski definition) is 16. The normalized spacial score (nSPS) is 31.8. The molecule has 1 amide bonds. The summed E-state index contributed by atoms with van der Waals surface area (Å²) in [6.45, 7) is 9.77. The van der Waals surface area contributed by atoms with Crippen LogP contribution in [0.5, 0.6) is 0 Å². The molecule has 0 spiro atoms. The third-order valence-corrected chi connectivity index (χ3v) is 14.1. The van der Waals surface area contributed by atoms with Crippen molar-refractivity contribution in [2.75, 3.05) is 42.2 Å². The molecule has 4 N–H and O–H groups in total. The van der Waals surface area contributed by atoms with Gasteiger partial charge in [-0.25, -0.2) is 4.79 Å². The van der Waals surface area contributed by atoms with Crippen molar-refractivity contribution in [3.63, 3.8) is 0 Å². The third kappa shape index (κ3) is 24.7. The fraction of sp³-hybridized carbons (Fsp3) is 0.638. The number of aliphatic hydroxyl groups excluding tert-OH is 3. The van der Waals surface area contributed by atoms with Crippen molar-refractivity contribution >= 4 is 29.8 Å². The quantitative estimate of drug-likeness (QED) is 0.111. The average molecular weight is 1050 g/mol. The minimum atomic E-state index is -0.977. The van der Waals surface area contributed by atoms with Crippen LogP contribution >= 0.6 is 0 Å². The molecule has 3 aliphatic heterocycles. The van der Waals surface area contributed by atoms with E-state index in [-0.39, 0.29) is 80.5 Å². The Morgan fingerprint density at radius 2 is 1.48 bits per heavy atom. The highest BCUT2D eigenvalue weighted by molar-refractivity contribution is 5.87. The number of hydrogen-bond donors (Lipinski definition) is 4. The number of fused-ring (bicyclic) bond motifs is 4. The van der Waals surface area contributed by atoms with E-state index in [1.807, 2.05) is 52.8 Å². The predicted molar refractivity (Wildman–Crippen MR) is 283 cm³/mol. The van der Waals surface area contributed by atoms with E-state index in [0.29, 0.717) is 56.9 Å². The van der Waals surface area contributed by atoms with Gasteiger partial charge in [-0.3, -0.25) is 19.2 Å². The van der Waals surface area contributed by atoms with E-state index >= 15 is 0 Å². The van der Waals surface area contributed by atoms with Crippen LogP contribution in [-0.4, -0.2) is 142 Å². The Kier molecular flexibility index (Phi) is 29.7. The topological polar surface area (TPSA) is 232 Å². The Hall–Kier alpha value is -5.01. The summed E-state index contributed by atoms with van der Waals surface area (Å²) in [6.07, 6.45) is 18.5. The minimum Gasteiger partial charge on any atom is -0.469 e. The number of methoxy groups -OCH3 is 5. The van der Waals surface area contributed by atoms with Gasteiger partial charge in [0.05, 0.1) is 63.2 Å². The van der Waals surface area contributed by atoms with Gasteiger partial charge in [-0.1, -0.05) is 91.7 Å². The first-order chi connectivity index (χ1) is 35.8. The molecular weight excluding hydrogens is 967 g/mol. The SMILES string of the molecule is COCC1CC(C)=CC2OC(=O)CC(=CC=CC(O)CC(O)C(C)C(OC)CCC(C)C(OC)CC3CC(=CC(=O)O3)CC(=O)NC=CC=CCC(CC(=O)OC)CC(O)CC(C)=CC=CC(OC)CC(=O)O1)C2C. The molecule has 3 heterocycles. The Morgan fingerprint density at radius 3 is 2.17 bits per heavy atom. The second-order valence-electron chi connectivity index (χ2n) is 20.3. The lowest BCUT2D eigenvalue weighted by atomic mass is 9.86. The van der Waals surface area contributed by atoms with E-state index in [4.69, 9.17) is 37.9 Å². The van der Waals surface area contributed by atoms with Crippen LogP contribution in [0.2, 0.25) is 0 Å². The number of carbonyl (C=O) groups excluding carboxylic acids is 5. The van der Waals surface area contributed by atoms with E-state index < -0.39 is 66.6 Å². The molecule has 0 aromatic rings. The Balaban J connectivity index is 1.83. The molecule has 1 saturated heterocycles. The summed E-state index contributed by atoms with van der Waals surface area (Å²) in [5.74, 6) is -2.84. The van der Waals surface area contributed by atoms with E-state index in [2.05, 4.69) is 5.32 Å². The molecule has 0 saturated carbocycles. The molecule has 3 rings (SSSR count). The zero-order chi connectivity index (χ0) is 55.5. The lowest BCUT2D eigenvalue weighted by molar-refractivity contribution is -0.153. The van der Waals surface area contributed by atoms with Gasteiger partial charge in [-0.05, 0) is 69.9 Å². The molecule has 75 heavy (non-hydrogen) atoms. The predicted octanol–water partition coefficient (Wildman–Crippen LogP) is 7.35. The molecule has 13 atom stereocenters. The number of amides is 1. The van der Waals surface area contributed by atoms with Gasteiger partial charge in [0, 0.05) is 91.1 Å². The number of ether oxygens (including phenoxy) is 8. The van der Waals surface area contributed by atoms with Gasteiger partial charge >= 0.3 is 23.9 Å². The standard InChI is InChI=1S/C58H87NO16/c1-37-16-14-20-47(69-7)35-58(67)74-49(36-68-6)25-38(2)26-53-40(4)44(32-57(66)75-53)18-15-19-45(60)33-50(62)41(5)51(70-8)22-21-39(3)52(71-9)34-48-28-43(31-56(65)73-48)29-54(63)59-23-13-11-12-17-42(27-46(61)24-37)30-55(64)72-10/h11-16,18-20,23,26,31,39-42,45-53,60-62H,17,21-22,24-25,27-30,32-36H2,1-10H3,(H,59,63). The van der Waals surface area contributed by atoms with E-state index in [0.717, 1.165) is 16.7 Å². The number of esters is 4. The molecule has 420 valence electrons. The van der Waals surface area contributed by atoms with E-state index in [1.54, 1.807) is 56.8 Å². The second-order valence-corrected chi connectivity index (χ2v) is 20.3. The van der Waals surface area contributed by atoms with Crippen molar-refractivity contribution in [1.82, 2.24) is 5.32 Å². The molecule has 17 heteroatoms. The Labute approximate surface area is 445 Å². The van der Waals surface area contributed by atoms with Crippen LogP contribution in [0.25, 0.3) is 0 Å². The van der Waals surface area contributed by atoms with Crippen molar-refractivity contribution in [2.24, 2.45) is 23.7 Å². The third-order valence-electron chi connectivity index (χ3n) is 14.1. The summed E-state index contributed by atoms with van der Waals surface area (Å²) in [6, 6.07) is 0. The number of carbonyl (C=O) groups is 5. The first-order valence-electron chi connectivity index (χ1n) is 26.2. The summed E-state index contributed by atoms with van der Waals surface area (Å²) in [5.41, 5.74) is 3.14.